The van der Waals surface area contributed by atoms with Gasteiger partial charge in [-0.25, -0.2) is 0 Å². The van der Waals surface area contributed by atoms with Crippen LogP contribution >= 0.6 is 0 Å². The van der Waals surface area contributed by atoms with E-state index in [1.54, 1.807) is 0 Å². The topological polar surface area (TPSA) is 87.4 Å². The van der Waals surface area contributed by atoms with Crippen molar-refractivity contribution in [1.29, 1.82) is 0 Å². The van der Waals surface area contributed by atoms with E-state index in [1.807, 2.05) is 0 Å². The number of piperazine rings is 1. The van der Waals surface area contributed by atoms with Crippen LogP contribution in [0.3, 0.4) is 0 Å². The van der Waals surface area contributed by atoms with Crippen molar-refractivity contribution in [2.45, 2.75) is 37.8 Å². The largest absolute Gasteiger partial charge is 0.481 e. The first kappa shape index (κ1) is 12.4. The maximum atomic E-state index is 10.5. The Kier molecular flexibility index (Phi) is 5.60. The van der Waals surface area contributed by atoms with E-state index < -0.39 is 5.97 Å². The first-order valence-electron chi connectivity index (χ1n) is 5.61. The van der Waals surface area contributed by atoms with Gasteiger partial charge in [-0.2, -0.15) is 0 Å². The lowest BCUT2D eigenvalue weighted by Crippen LogP contribution is -2.54. The molecule has 0 aromatic carbocycles. The van der Waals surface area contributed by atoms with Crippen molar-refractivity contribution >= 4 is 5.97 Å². The first-order chi connectivity index (χ1) is 7.22. The van der Waals surface area contributed by atoms with Gasteiger partial charge in [0.25, 0.3) is 0 Å². The van der Waals surface area contributed by atoms with Gasteiger partial charge >= 0.3 is 5.97 Å². The molecule has 15 heavy (non-hydrogen) atoms. The van der Waals surface area contributed by atoms with Gasteiger partial charge in [0.05, 0.1) is 6.42 Å². The molecule has 1 heterocycles. The number of aliphatic carboxylic acids is 1. The third-order valence-corrected chi connectivity index (χ3v) is 2.73. The molecule has 1 fully saturated rings. The smallest absolute Gasteiger partial charge is 0.304 e. The number of unbranched alkanes of at least 4 members (excludes halogenated alkanes) is 1. The van der Waals surface area contributed by atoms with Crippen LogP contribution in [-0.4, -0.2) is 42.8 Å². The Bertz CT molecular complexity index is 191. The Morgan fingerprint density at radius 2 is 1.93 bits per heavy atom. The van der Waals surface area contributed by atoms with Gasteiger partial charge in [-0.05, 0) is 19.4 Å². The number of carbonyl (C=O) groups is 1. The van der Waals surface area contributed by atoms with Gasteiger partial charge in [0.15, 0.2) is 0 Å². The van der Waals surface area contributed by atoms with Gasteiger partial charge in [-0.15, -0.1) is 0 Å². The van der Waals surface area contributed by atoms with E-state index in [0.29, 0.717) is 6.04 Å². The van der Waals surface area contributed by atoms with Crippen LogP contribution in [-0.2, 0) is 4.79 Å². The number of nitrogens with two attached hydrogens (primary N) is 1. The number of hydrogen-bond donors (Lipinski definition) is 4. The molecule has 5 nitrogen and oxygen atoms in total. The van der Waals surface area contributed by atoms with Crippen LogP contribution < -0.4 is 16.4 Å². The van der Waals surface area contributed by atoms with Crippen LogP contribution in [0.1, 0.15) is 25.7 Å². The normalized spacial score (nSPS) is 26.5. The molecule has 0 aliphatic carbocycles. The van der Waals surface area contributed by atoms with Crippen LogP contribution in [0, 0.1) is 0 Å². The van der Waals surface area contributed by atoms with E-state index in [9.17, 15) is 4.79 Å². The van der Waals surface area contributed by atoms with E-state index in [4.69, 9.17) is 10.8 Å². The highest BCUT2D eigenvalue weighted by atomic mass is 16.4. The van der Waals surface area contributed by atoms with Crippen molar-refractivity contribution < 1.29 is 9.90 Å². The Balaban J connectivity index is 2.10. The molecule has 0 saturated carbocycles. The highest BCUT2D eigenvalue weighted by Gasteiger charge is 2.20. The summed E-state index contributed by atoms with van der Waals surface area (Å²) in [5.74, 6) is -0.740. The van der Waals surface area contributed by atoms with E-state index in [-0.39, 0.29) is 12.5 Å². The number of hydrogen-bond acceptors (Lipinski definition) is 4. The van der Waals surface area contributed by atoms with Crippen molar-refractivity contribution in [3.8, 4) is 0 Å². The second-order valence-electron chi connectivity index (χ2n) is 4.09. The average Bonchev–Trinajstić information content (AvgIpc) is 2.20. The van der Waals surface area contributed by atoms with Gasteiger partial charge < -0.3 is 21.5 Å². The lowest BCUT2D eigenvalue weighted by atomic mass is 10.0. The molecule has 1 rings (SSSR count). The molecule has 5 N–H and O–H groups in total. The summed E-state index contributed by atoms with van der Waals surface area (Å²) in [5.41, 5.74) is 5.42. The number of rotatable bonds is 6. The van der Waals surface area contributed by atoms with Crippen LogP contribution in [0.2, 0.25) is 0 Å². The van der Waals surface area contributed by atoms with Crippen LogP contribution in [0.5, 0.6) is 0 Å². The minimum absolute atomic E-state index is 0.0771. The van der Waals surface area contributed by atoms with Crippen molar-refractivity contribution in [2.24, 2.45) is 5.73 Å². The Labute approximate surface area is 90.4 Å². The van der Waals surface area contributed by atoms with Gasteiger partial charge in [0.2, 0.25) is 0 Å². The lowest BCUT2D eigenvalue weighted by Gasteiger charge is -2.30. The summed E-state index contributed by atoms with van der Waals surface area (Å²) in [4.78, 5) is 10.5. The van der Waals surface area contributed by atoms with Crippen LogP contribution in [0.25, 0.3) is 0 Å². The fourth-order valence-electron chi connectivity index (χ4n) is 1.86. The fraction of sp³-hybridized carbons (Fsp3) is 0.900. The van der Waals surface area contributed by atoms with Gasteiger partial charge in [-0.3, -0.25) is 4.79 Å². The Morgan fingerprint density at radius 1 is 1.27 bits per heavy atom. The molecular weight excluding hydrogens is 194 g/mol. The standard InChI is InChI=1S/C10H21N3O2/c11-4-2-1-3-8-6-13-9(7-12-8)5-10(14)15/h8-9,12-13H,1-7,11H2,(H,14,15)/t8-,9-/m1/s1. The van der Waals surface area contributed by atoms with Gasteiger partial charge in [0, 0.05) is 25.2 Å². The van der Waals surface area contributed by atoms with Gasteiger partial charge in [-0.1, -0.05) is 6.42 Å². The van der Waals surface area contributed by atoms with Gasteiger partial charge in [0.1, 0.15) is 0 Å². The molecule has 0 unspecified atom stereocenters. The Morgan fingerprint density at radius 3 is 2.47 bits per heavy atom. The number of carboxylic acid groups (broad SMARTS) is 1. The predicted octanol–water partition coefficient (Wildman–Crippen LogP) is -0.480. The third-order valence-electron chi connectivity index (χ3n) is 2.73. The summed E-state index contributed by atoms with van der Waals surface area (Å²) in [5, 5.41) is 15.2. The van der Waals surface area contributed by atoms with Crippen molar-refractivity contribution in [3.05, 3.63) is 0 Å². The van der Waals surface area contributed by atoms with Crippen molar-refractivity contribution in [1.82, 2.24) is 10.6 Å². The quantitative estimate of drug-likeness (QED) is 0.450. The molecule has 2 atom stereocenters. The van der Waals surface area contributed by atoms with E-state index >= 15 is 0 Å². The molecule has 0 bridgehead atoms. The summed E-state index contributed by atoms with van der Waals surface area (Å²) in [6, 6.07) is 0.551. The molecule has 0 aromatic rings. The summed E-state index contributed by atoms with van der Waals surface area (Å²) >= 11 is 0. The molecule has 0 aromatic heterocycles. The molecule has 0 radical (unpaired) electrons. The second-order valence-corrected chi connectivity index (χ2v) is 4.09. The fourth-order valence-corrected chi connectivity index (χ4v) is 1.86. The summed E-state index contributed by atoms with van der Waals surface area (Å²) in [6.07, 6.45) is 3.52. The zero-order valence-electron chi connectivity index (χ0n) is 9.04. The molecule has 5 heteroatoms. The predicted molar refractivity (Wildman–Crippen MR) is 58.7 cm³/mol. The first-order valence-corrected chi connectivity index (χ1v) is 5.61. The summed E-state index contributed by atoms with van der Waals surface area (Å²) in [7, 11) is 0. The number of carboxylic acids is 1. The monoisotopic (exact) mass is 215 g/mol. The SMILES string of the molecule is NCCCC[C@@H]1CN[C@H](CC(=O)O)CN1. The molecule has 1 aliphatic rings. The molecule has 88 valence electrons. The Hall–Kier alpha value is -0.650. The van der Waals surface area contributed by atoms with Crippen LogP contribution in [0.4, 0.5) is 0 Å². The minimum atomic E-state index is -0.740. The average molecular weight is 215 g/mol. The zero-order valence-corrected chi connectivity index (χ0v) is 9.04. The second kappa shape index (κ2) is 6.76. The third kappa shape index (κ3) is 5.11. The van der Waals surface area contributed by atoms with Crippen molar-refractivity contribution in [2.75, 3.05) is 19.6 Å². The summed E-state index contributed by atoms with van der Waals surface area (Å²) in [6.45, 7) is 2.36. The highest BCUT2D eigenvalue weighted by Crippen LogP contribution is 2.05. The molecule has 1 saturated heterocycles. The summed E-state index contributed by atoms with van der Waals surface area (Å²) < 4.78 is 0. The van der Waals surface area contributed by atoms with E-state index in [2.05, 4.69) is 10.6 Å². The maximum Gasteiger partial charge on any atom is 0.304 e. The lowest BCUT2D eigenvalue weighted by molar-refractivity contribution is -0.137. The molecular formula is C10H21N3O2. The molecule has 1 aliphatic heterocycles. The van der Waals surface area contributed by atoms with E-state index in [0.717, 1.165) is 38.9 Å². The van der Waals surface area contributed by atoms with Crippen LogP contribution in [0.15, 0.2) is 0 Å². The molecule has 0 spiro atoms. The number of nitrogens with one attached hydrogen (secondary N) is 2. The minimum Gasteiger partial charge on any atom is -0.481 e. The zero-order chi connectivity index (χ0) is 11.1. The van der Waals surface area contributed by atoms with E-state index in [1.165, 1.54) is 0 Å². The molecule has 0 amide bonds. The maximum absolute atomic E-state index is 10.5. The van der Waals surface area contributed by atoms with Crippen molar-refractivity contribution in [3.63, 3.8) is 0 Å². The highest BCUT2D eigenvalue weighted by molar-refractivity contribution is 5.67.